The van der Waals surface area contributed by atoms with Gasteiger partial charge in [0, 0.05) is 6.04 Å². The van der Waals surface area contributed by atoms with Gasteiger partial charge in [0.1, 0.15) is 6.23 Å². The lowest BCUT2D eigenvalue weighted by Crippen LogP contribution is -2.44. The molecule has 0 saturated carbocycles. The van der Waals surface area contributed by atoms with Gasteiger partial charge >= 0.3 is 0 Å². The topological polar surface area (TPSA) is 58.7 Å². The van der Waals surface area contributed by atoms with E-state index >= 15 is 0 Å². The minimum Gasteiger partial charge on any atom is -0.376 e. The van der Waals surface area contributed by atoms with Crippen molar-refractivity contribution in [1.29, 1.82) is 0 Å². The molecule has 0 aliphatic heterocycles. The third-order valence-electron chi connectivity index (χ3n) is 2.23. The summed E-state index contributed by atoms with van der Waals surface area (Å²) in [6.45, 7) is 9.92. The summed E-state index contributed by atoms with van der Waals surface area (Å²) in [5.41, 5.74) is 5.56. The second-order valence-corrected chi connectivity index (χ2v) is 3.65. The Morgan fingerprint density at radius 1 is 1.29 bits per heavy atom. The number of ether oxygens (including phenoxy) is 1. The van der Waals surface area contributed by atoms with E-state index in [1.165, 1.54) is 0 Å². The van der Waals surface area contributed by atoms with Crippen LogP contribution in [0.5, 0.6) is 0 Å². The fraction of sp³-hybridized carbons (Fsp3) is 1.00. The number of nitrogens with zero attached hydrogens (tertiary/aromatic N) is 1. The van der Waals surface area contributed by atoms with Gasteiger partial charge in [-0.05, 0) is 26.9 Å². The minimum absolute atomic E-state index is 0.0151. The highest BCUT2D eigenvalue weighted by molar-refractivity contribution is 4.66. The van der Waals surface area contributed by atoms with Crippen molar-refractivity contribution in [2.75, 3.05) is 19.7 Å². The Morgan fingerprint density at radius 2 is 1.79 bits per heavy atom. The largest absolute Gasteiger partial charge is 0.376 e. The highest BCUT2D eigenvalue weighted by Gasteiger charge is 2.20. The van der Waals surface area contributed by atoms with Crippen molar-refractivity contribution in [1.82, 2.24) is 4.90 Å². The van der Waals surface area contributed by atoms with Crippen molar-refractivity contribution in [2.24, 2.45) is 5.73 Å². The number of likely N-dealkylation sites (N-methyl/N-ethyl adjacent to an activating group) is 1. The molecule has 86 valence electrons. The lowest BCUT2D eigenvalue weighted by atomic mass is 10.3. The van der Waals surface area contributed by atoms with Gasteiger partial charge in [-0.25, -0.2) is 0 Å². The Labute approximate surface area is 87.0 Å². The molecule has 0 heterocycles. The number of nitrogens with two attached hydrogens (primary N) is 1. The quantitative estimate of drug-likeness (QED) is 0.589. The van der Waals surface area contributed by atoms with E-state index in [1.54, 1.807) is 0 Å². The third kappa shape index (κ3) is 4.91. The summed E-state index contributed by atoms with van der Waals surface area (Å²) in [5.74, 6) is 0. The van der Waals surface area contributed by atoms with E-state index in [4.69, 9.17) is 10.5 Å². The van der Waals surface area contributed by atoms with Crippen molar-refractivity contribution in [3.8, 4) is 0 Å². The van der Waals surface area contributed by atoms with Gasteiger partial charge in [0.2, 0.25) is 0 Å². The molecule has 3 atom stereocenters. The van der Waals surface area contributed by atoms with Crippen LogP contribution in [0.15, 0.2) is 0 Å². The molecule has 0 aliphatic carbocycles. The average molecular weight is 204 g/mol. The van der Waals surface area contributed by atoms with E-state index in [2.05, 4.69) is 0 Å². The molecule has 0 amide bonds. The third-order valence-corrected chi connectivity index (χ3v) is 2.23. The van der Waals surface area contributed by atoms with Crippen molar-refractivity contribution in [3.63, 3.8) is 0 Å². The van der Waals surface area contributed by atoms with Gasteiger partial charge in [0.25, 0.3) is 0 Å². The van der Waals surface area contributed by atoms with Crippen LogP contribution in [-0.2, 0) is 4.74 Å². The van der Waals surface area contributed by atoms with E-state index in [0.29, 0.717) is 6.61 Å². The molecule has 0 radical (unpaired) electrons. The van der Waals surface area contributed by atoms with E-state index < -0.39 is 6.23 Å². The van der Waals surface area contributed by atoms with Crippen molar-refractivity contribution in [2.45, 2.75) is 46.1 Å². The van der Waals surface area contributed by atoms with Gasteiger partial charge in [0.05, 0.1) is 12.7 Å². The summed E-state index contributed by atoms with van der Waals surface area (Å²) < 4.78 is 5.43. The molecule has 1 unspecified atom stereocenters. The maximum absolute atomic E-state index is 9.85. The van der Waals surface area contributed by atoms with Gasteiger partial charge in [-0.1, -0.05) is 13.8 Å². The summed E-state index contributed by atoms with van der Waals surface area (Å²) in [6.07, 6.45) is -0.732. The molecule has 0 fully saturated rings. The summed E-state index contributed by atoms with van der Waals surface area (Å²) in [7, 11) is 0. The summed E-state index contributed by atoms with van der Waals surface area (Å²) in [5, 5.41) is 9.85. The van der Waals surface area contributed by atoms with Crippen molar-refractivity contribution >= 4 is 0 Å². The molecule has 4 nitrogen and oxygen atoms in total. The van der Waals surface area contributed by atoms with Crippen LogP contribution in [0.25, 0.3) is 0 Å². The maximum Gasteiger partial charge on any atom is 0.133 e. The lowest BCUT2D eigenvalue weighted by molar-refractivity contribution is -0.103. The van der Waals surface area contributed by atoms with Gasteiger partial charge in [-0.15, -0.1) is 0 Å². The number of rotatable bonds is 7. The predicted molar refractivity (Wildman–Crippen MR) is 58.0 cm³/mol. The van der Waals surface area contributed by atoms with Crippen LogP contribution in [0.1, 0.15) is 27.7 Å². The van der Waals surface area contributed by atoms with E-state index in [9.17, 15) is 5.11 Å². The Bertz CT molecular complexity index is 138. The van der Waals surface area contributed by atoms with Crippen LogP contribution in [0.4, 0.5) is 0 Å². The summed E-state index contributed by atoms with van der Waals surface area (Å²) in [6, 6.07) is 0.0151. The highest BCUT2D eigenvalue weighted by atomic mass is 16.5. The second kappa shape index (κ2) is 7.17. The first-order valence-corrected chi connectivity index (χ1v) is 5.32. The molecular formula is C10H24N2O2. The molecule has 0 spiro atoms. The smallest absolute Gasteiger partial charge is 0.133 e. The number of hydrogen-bond donors (Lipinski definition) is 2. The summed E-state index contributed by atoms with van der Waals surface area (Å²) >= 11 is 0. The van der Waals surface area contributed by atoms with Crippen LogP contribution in [0.2, 0.25) is 0 Å². The number of aliphatic hydroxyl groups excluding tert-OH is 1. The first kappa shape index (κ1) is 13.8. The lowest BCUT2D eigenvalue weighted by Gasteiger charge is -2.30. The predicted octanol–water partition coefficient (Wildman–Crippen LogP) is 0.399. The Morgan fingerprint density at radius 3 is 2.14 bits per heavy atom. The van der Waals surface area contributed by atoms with E-state index in [1.807, 2.05) is 32.6 Å². The second-order valence-electron chi connectivity index (χ2n) is 3.65. The van der Waals surface area contributed by atoms with E-state index in [0.717, 1.165) is 13.1 Å². The van der Waals surface area contributed by atoms with Crippen LogP contribution in [0.3, 0.4) is 0 Å². The Balaban J connectivity index is 3.90. The molecule has 0 saturated heterocycles. The molecule has 14 heavy (non-hydrogen) atoms. The zero-order chi connectivity index (χ0) is 11.1. The van der Waals surface area contributed by atoms with Gasteiger partial charge in [0.15, 0.2) is 0 Å². The fourth-order valence-electron chi connectivity index (χ4n) is 1.28. The number of aliphatic hydroxyl groups is 1. The van der Waals surface area contributed by atoms with Crippen LogP contribution in [-0.4, -0.2) is 48.1 Å². The van der Waals surface area contributed by atoms with Gasteiger partial charge in [-0.3, -0.25) is 4.90 Å². The highest BCUT2D eigenvalue weighted by Crippen LogP contribution is 2.05. The maximum atomic E-state index is 9.85. The van der Waals surface area contributed by atoms with Crippen LogP contribution >= 0.6 is 0 Å². The normalized spacial score (nSPS) is 18.2. The molecule has 0 aromatic rings. The molecule has 0 bridgehead atoms. The van der Waals surface area contributed by atoms with Gasteiger partial charge < -0.3 is 15.6 Å². The van der Waals surface area contributed by atoms with Gasteiger partial charge in [-0.2, -0.15) is 0 Å². The van der Waals surface area contributed by atoms with Crippen LogP contribution < -0.4 is 5.73 Å². The molecule has 0 aliphatic rings. The zero-order valence-corrected chi connectivity index (χ0v) is 9.73. The number of hydrogen-bond acceptors (Lipinski definition) is 4. The zero-order valence-electron chi connectivity index (χ0n) is 9.73. The van der Waals surface area contributed by atoms with Crippen molar-refractivity contribution in [3.05, 3.63) is 0 Å². The van der Waals surface area contributed by atoms with Crippen molar-refractivity contribution < 1.29 is 9.84 Å². The van der Waals surface area contributed by atoms with E-state index in [-0.39, 0.29) is 12.1 Å². The molecule has 0 rings (SSSR count). The molecule has 0 aromatic carbocycles. The molecular weight excluding hydrogens is 180 g/mol. The molecule has 0 aromatic heterocycles. The SMILES string of the molecule is CCN(CC)C(O)[C@H](C)OC[C@@H](C)N. The first-order chi connectivity index (χ1) is 6.52. The Kier molecular flexibility index (Phi) is 7.09. The molecule has 4 heteroatoms. The fourth-order valence-corrected chi connectivity index (χ4v) is 1.28. The average Bonchev–Trinajstić information content (AvgIpc) is 2.15. The standard InChI is InChI=1S/C10H24N2O2/c1-5-12(6-2)10(13)9(4)14-7-8(3)11/h8-10,13H,5-7,11H2,1-4H3/t8-,9+,10?/m1/s1. The monoisotopic (exact) mass is 204 g/mol. The first-order valence-electron chi connectivity index (χ1n) is 5.32. The molecule has 3 N–H and O–H groups in total. The van der Waals surface area contributed by atoms with Crippen LogP contribution in [0, 0.1) is 0 Å². The Hall–Kier alpha value is -0.160. The summed E-state index contributed by atoms with van der Waals surface area (Å²) in [4.78, 5) is 1.95. The minimum atomic E-state index is -0.538.